The summed E-state index contributed by atoms with van der Waals surface area (Å²) in [6, 6.07) is 5.75. The maximum Gasteiger partial charge on any atom is 0.350 e. The Morgan fingerprint density at radius 1 is 0.675 bits per heavy atom. The third kappa shape index (κ3) is 20.6. The molecule has 2 aromatic rings. The van der Waals surface area contributed by atoms with Gasteiger partial charge in [-0.15, -0.1) is 0 Å². The number of rotatable bonds is 1. The molecule has 0 aliphatic carbocycles. The number of allylic oxidation sites excluding steroid dienone is 1. The Labute approximate surface area is 485 Å². The number of hydrogen-bond donors (Lipinski definition) is 0. The van der Waals surface area contributed by atoms with Crippen molar-refractivity contribution in [2.45, 2.75) is 85.9 Å². The summed E-state index contributed by atoms with van der Waals surface area (Å²) in [7, 11) is 14.5. The van der Waals surface area contributed by atoms with Crippen LogP contribution in [0.1, 0.15) is 67.7 Å². The number of fused-ring (bicyclic) bond motifs is 4. The van der Waals surface area contributed by atoms with Gasteiger partial charge in [0, 0.05) is 99.0 Å². The van der Waals surface area contributed by atoms with Gasteiger partial charge in [0.25, 0.3) is 0 Å². The zero-order valence-corrected chi connectivity index (χ0v) is 52.6. The van der Waals surface area contributed by atoms with Crippen molar-refractivity contribution in [3.63, 3.8) is 0 Å². The minimum atomic E-state index is -0.250. The van der Waals surface area contributed by atoms with Crippen LogP contribution in [0.5, 0.6) is 0 Å². The summed E-state index contributed by atoms with van der Waals surface area (Å²) < 4.78 is 7.81. The predicted octanol–water partition coefficient (Wildman–Crippen LogP) is 1.93. The minimum Gasteiger partial charge on any atom is -0.250 e. The molecule has 22 nitrogen and oxygen atoms in total. The fourth-order valence-electron chi connectivity index (χ4n) is 8.41. The zero-order chi connectivity index (χ0) is 58.7. The number of piperidine rings is 1. The van der Waals surface area contributed by atoms with E-state index < -0.39 is 0 Å². The van der Waals surface area contributed by atoms with E-state index in [9.17, 15) is 33.6 Å². The first kappa shape index (κ1) is 70.5. The zero-order valence-electron chi connectivity index (χ0n) is 48.4. The molecule has 0 aromatic carbocycles. The van der Waals surface area contributed by atoms with Crippen molar-refractivity contribution in [2.75, 3.05) is 128 Å². The van der Waals surface area contributed by atoms with Crippen LogP contribution in [0.2, 0.25) is 0 Å². The molecule has 0 saturated carbocycles. The van der Waals surface area contributed by atoms with E-state index in [1.165, 1.54) is 20.4 Å². The number of piperazine rings is 4. The molecule has 3 atom stereocenters. The maximum absolute atomic E-state index is 11.8. The largest absolute Gasteiger partial charge is 0.350 e. The second-order valence-corrected chi connectivity index (χ2v) is 19.7. The SMILES string of the molecule is C=C1C2CCCCN2C(=O)N1C.CC.CC.CC.CN1CCN2C(=O)CN(C)C(=O)C2C1.CN1CCN2CCN(C)C(=O)C2C1.CN1C[N-]C(=C[CH]=[V])C1=O.CN1C[N-][C](=[V])C1=O.C[C-]=[V].Cn1nc2ccccn2c1=O. The van der Waals surface area contributed by atoms with Gasteiger partial charge in [0.1, 0.15) is 12.1 Å². The van der Waals surface area contributed by atoms with Crippen LogP contribution >= 0.6 is 0 Å². The molecule has 25 heteroatoms. The van der Waals surface area contributed by atoms with Gasteiger partial charge in [-0.2, -0.15) is 5.10 Å². The molecule has 0 radical (unpaired) electrons. The second kappa shape index (κ2) is 36.6. The molecule has 10 rings (SSSR count). The van der Waals surface area contributed by atoms with E-state index in [-0.39, 0.29) is 59.9 Å². The fraction of sp³-hybridized carbons (Fsp3) is 0.635. The average molecular weight is 1190 g/mol. The van der Waals surface area contributed by atoms with Crippen molar-refractivity contribution in [3.05, 3.63) is 69.6 Å². The average Bonchev–Trinajstić information content (AvgIpc) is 4.10. The number of hydrogen-bond acceptors (Lipinski definition) is 11. The van der Waals surface area contributed by atoms with Gasteiger partial charge in [-0.3, -0.25) is 28.6 Å². The van der Waals surface area contributed by atoms with Gasteiger partial charge in [-0.05, 0) is 45.5 Å². The Kier molecular flexibility index (Phi) is 33.6. The molecule has 3 unspecified atom stereocenters. The summed E-state index contributed by atoms with van der Waals surface area (Å²) in [5.74, 6) is 0.450. The number of aryl methyl sites for hydroxylation is 1. The Balaban J connectivity index is 0.000000451. The number of urea groups is 1. The summed E-state index contributed by atoms with van der Waals surface area (Å²) in [6.07, 6.45) is 6.86. The van der Waals surface area contributed by atoms with E-state index in [1.54, 1.807) is 76.9 Å². The molecule has 77 heavy (non-hydrogen) atoms. The Hall–Kier alpha value is -4.48. The van der Waals surface area contributed by atoms with Crippen LogP contribution in [-0.2, 0) is 82.0 Å². The first-order chi connectivity index (χ1) is 36.7. The second-order valence-electron chi connectivity index (χ2n) is 17.9. The van der Waals surface area contributed by atoms with Gasteiger partial charge in [0.15, 0.2) is 5.65 Å². The number of aromatic nitrogens is 3. The van der Waals surface area contributed by atoms with Crippen LogP contribution in [-0.4, -0.2) is 259 Å². The van der Waals surface area contributed by atoms with E-state index in [0.717, 1.165) is 64.4 Å². The molecule has 8 fully saturated rings. The Morgan fingerprint density at radius 3 is 1.75 bits per heavy atom. The van der Waals surface area contributed by atoms with Gasteiger partial charge in [-0.25, -0.2) is 14.3 Å². The fourth-order valence-corrected chi connectivity index (χ4v) is 9.00. The van der Waals surface area contributed by atoms with Gasteiger partial charge < -0.3 is 29.4 Å². The van der Waals surface area contributed by atoms with Crippen LogP contribution < -0.4 is 5.69 Å². The molecular formula is C52H86N15O7V3-3. The third-order valence-electron chi connectivity index (χ3n) is 12.7. The van der Waals surface area contributed by atoms with Gasteiger partial charge in [0.2, 0.25) is 17.7 Å². The summed E-state index contributed by atoms with van der Waals surface area (Å²) in [5, 5.41) is 11.8. The van der Waals surface area contributed by atoms with E-state index >= 15 is 0 Å². The maximum atomic E-state index is 11.8. The van der Waals surface area contributed by atoms with Crippen molar-refractivity contribution in [2.24, 2.45) is 7.05 Å². The van der Waals surface area contributed by atoms with Gasteiger partial charge in [0.05, 0.1) is 12.6 Å². The third-order valence-corrected chi connectivity index (χ3v) is 13.4. The predicted molar refractivity (Wildman–Crippen MR) is 294 cm³/mol. The van der Waals surface area contributed by atoms with Crippen LogP contribution in [0, 0.1) is 0 Å². The number of amides is 7. The van der Waals surface area contributed by atoms with E-state index in [2.05, 4.69) is 99.7 Å². The van der Waals surface area contributed by atoms with Crippen LogP contribution in [0.4, 0.5) is 4.79 Å². The number of carbonyl (C=O) groups is 6. The number of pyridine rings is 1. The molecule has 10 heterocycles. The van der Waals surface area contributed by atoms with Crippen molar-refractivity contribution in [1.29, 1.82) is 0 Å². The first-order valence-corrected chi connectivity index (χ1v) is 28.4. The molecule has 0 spiro atoms. The van der Waals surface area contributed by atoms with Crippen molar-refractivity contribution in [3.8, 4) is 0 Å². The smallest absolute Gasteiger partial charge is 0.250 e. The summed E-state index contributed by atoms with van der Waals surface area (Å²) >= 11 is 6.64. The number of nitrogens with zero attached hydrogens (tertiary/aromatic N) is 15. The van der Waals surface area contributed by atoms with Gasteiger partial charge >= 0.3 is 164 Å². The number of carbonyl (C=O) groups excluding carboxylic acids is 6. The first-order valence-electron chi connectivity index (χ1n) is 26.2. The van der Waals surface area contributed by atoms with Crippen LogP contribution in [0.25, 0.3) is 16.3 Å². The normalized spacial score (nSPS) is 22.2. The molecule has 2 aromatic heterocycles. The van der Waals surface area contributed by atoms with Gasteiger partial charge in [-0.1, -0.05) is 54.2 Å². The molecule has 429 valence electrons. The monoisotopic (exact) mass is 1190 g/mol. The van der Waals surface area contributed by atoms with Crippen LogP contribution in [0.3, 0.4) is 0 Å². The Bertz CT molecular complexity index is 2360. The summed E-state index contributed by atoms with van der Waals surface area (Å²) in [5.41, 5.74) is 2.09. The standard InChI is InChI=1S/C9H15N3O2.C9H17N3O.C9H14N2O.C7H7N3O.C6H7N2O.C4H5N2O.3C2H6.C2H3.3V/c1-10-3-4-12-7(5-10)9(14)11(2)6-8(12)13;1-10-3-5-12-6-4-11(2)9(13)8(12)7-10;1-7-8-5-3-4-6-11(8)9(12)10(7)2;1-9-7(11)10-5-3-2-4-6(10)8-9;1-3-5-6(9)8(2)4-7-5;1-6-3-5-2-4(6)7;4*1-2;;;/h7H,3-6H2,1-2H3;8H,3-7H2,1-2H3;8H,1,3-6H2,2H3;2-5H,1H3;1,3H,4H2,2H3;3H2,1H3;3*1-2H3;1H3;;;/q;;;;2*-1;;;;-1;;;. The van der Waals surface area contributed by atoms with Crippen LogP contribution in [0.15, 0.2) is 53.2 Å². The van der Waals surface area contributed by atoms with E-state index in [4.69, 9.17) is 0 Å². The molecule has 8 saturated heterocycles. The quantitative estimate of drug-likeness (QED) is 0.299. The van der Waals surface area contributed by atoms with E-state index in [1.807, 2.05) is 85.5 Å². The topological polar surface area (TPSA) is 202 Å². The molecular weight excluding hydrogens is 1100 g/mol. The summed E-state index contributed by atoms with van der Waals surface area (Å²) in [6.45, 7) is 27.1. The minimum absolute atomic E-state index is 0.00213. The van der Waals surface area contributed by atoms with Crippen molar-refractivity contribution < 1.29 is 79.7 Å². The van der Waals surface area contributed by atoms with Crippen molar-refractivity contribution >= 4 is 55.0 Å². The molecule has 7 amide bonds. The molecule has 8 aliphatic rings. The summed E-state index contributed by atoms with van der Waals surface area (Å²) in [4.78, 5) is 98.0. The number of likely N-dealkylation sites (N-methyl/N-ethyl adjacent to an activating group) is 7. The molecule has 0 bridgehead atoms. The molecule has 8 aliphatic heterocycles. The Morgan fingerprint density at radius 2 is 1.23 bits per heavy atom. The van der Waals surface area contributed by atoms with E-state index in [0.29, 0.717) is 48.2 Å². The van der Waals surface area contributed by atoms with Crippen molar-refractivity contribution in [1.82, 2.24) is 63.2 Å². The molecule has 0 N–H and O–H groups in total.